The predicted octanol–water partition coefficient (Wildman–Crippen LogP) is 0.356. The number of methoxy groups -OCH3 is 2. The molecule has 0 atom stereocenters. The Hall–Kier alpha value is -3.49. The summed E-state index contributed by atoms with van der Waals surface area (Å²) in [5, 5.41) is 4.04. The van der Waals surface area contributed by atoms with Crippen LogP contribution in [0.1, 0.15) is 10.4 Å². The topological polar surface area (TPSA) is 105 Å². The Labute approximate surface area is 155 Å². The number of ether oxygens (including phenoxy) is 4. The van der Waals surface area contributed by atoms with E-state index in [9.17, 15) is 14.4 Å². The average Bonchev–Trinajstić information content (AvgIpc) is 2.70. The summed E-state index contributed by atoms with van der Waals surface area (Å²) in [6.45, 7) is -0.699. The third kappa shape index (κ3) is 6.07. The molecule has 2 aromatic rings. The first-order chi connectivity index (χ1) is 13.0. The van der Waals surface area contributed by atoms with Gasteiger partial charge in [0.1, 0.15) is 11.5 Å². The SMILES string of the molecule is COC(=O)COc1ccc(C(=O)C[n+]2ccccn2)c(OCC(=O)OC)c1. The Morgan fingerprint density at radius 2 is 1.70 bits per heavy atom. The van der Waals surface area contributed by atoms with Crippen molar-refractivity contribution in [1.29, 1.82) is 0 Å². The van der Waals surface area contributed by atoms with Crippen molar-refractivity contribution in [2.24, 2.45) is 0 Å². The summed E-state index contributed by atoms with van der Waals surface area (Å²) < 4.78 is 21.2. The molecule has 0 bridgehead atoms. The van der Waals surface area contributed by atoms with E-state index in [1.54, 1.807) is 24.5 Å². The fourth-order valence-electron chi connectivity index (χ4n) is 2.03. The number of aromatic nitrogens is 2. The van der Waals surface area contributed by atoms with Crippen LogP contribution in [-0.4, -0.2) is 50.3 Å². The Morgan fingerprint density at radius 3 is 2.33 bits per heavy atom. The molecule has 0 aliphatic rings. The van der Waals surface area contributed by atoms with Gasteiger partial charge in [0.2, 0.25) is 12.3 Å². The maximum Gasteiger partial charge on any atom is 0.343 e. The fraction of sp³-hybridized carbons (Fsp3) is 0.278. The van der Waals surface area contributed by atoms with Crippen molar-refractivity contribution in [3.05, 3.63) is 48.3 Å². The summed E-state index contributed by atoms with van der Waals surface area (Å²) in [6.07, 6.45) is 3.21. The number of benzene rings is 1. The molecule has 2 rings (SSSR count). The molecule has 0 amide bonds. The minimum absolute atomic E-state index is 0.0161. The van der Waals surface area contributed by atoms with Crippen LogP contribution in [0, 0.1) is 0 Å². The number of rotatable bonds is 9. The van der Waals surface area contributed by atoms with Gasteiger partial charge < -0.3 is 18.9 Å². The second-order valence-electron chi connectivity index (χ2n) is 5.21. The van der Waals surface area contributed by atoms with E-state index in [1.165, 1.54) is 37.1 Å². The van der Waals surface area contributed by atoms with Crippen molar-refractivity contribution >= 4 is 17.7 Å². The number of hydrogen-bond acceptors (Lipinski definition) is 8. The number of hydrogen-bond donors (Lipinski definition) is 0. The quantitative estimate of drug-likeness (QED) is 0.351. The highest BCUT2D eigenvalue weighted by atomic mass is 16.6. The van der Waals surface area contributed by atoms with E-state index in [2.05, 4.69) is 14.6 Å². The van der Waals surface area contributed by atoms with Crippen LogP contribution in [-0.2, 0) is 25.6 Å². The molecule has 27 heavy (non-hydrogen) atoms. The normalized spacial score (nSPS) is 10.0. The molecule has 142 valence electrons. The summed E-state index contributed by atoms with van der Waals surface area (Å²) in [5.74, 6) is -1.03. The van der Waals surface area contributed by atoms with E-state index in [0.717, 1.165) is 0 Å². The van der Waals surface area contributed by atoms with Crippen molar-refractivity contribution in [2.45, 2.75) is 6.54 Å². The first kappa shape index (κ1) is 19.8. The van der Waals surface area contributed by atoms with Gasteiger partial charge in [0.15, 0.2) is 19.4 Å². The van der Waals surface area contributed by atoms with Crippen LogP contribution in [0.25, 0.3) is 0 Å². The zero-order valence-electron chi connectivity index (χ0n) is 14.9. The van der Waals surface area contributed by atoms with Crippen LogP contribution in [0.5, 0.6) is 11.5 Å². The van der Waals surface area contributed by atoms with Gasteiger partial charge in [-0.05, 0) is 23.3 Å². The van der Waals surface area contributed by atoms with Gasteiger partial charge in [0.05, 0.1) is 26.0 Å². The summed E-state index contributed by atoms with van der Waals surface area (Å²) in [5.41, 5.74) is 0.238. The lowest BCUT2D eigenvalue weighted by molar-refractivity contribution is -0.741. The number of ketones is 1. The Bertz CT molecular complexity index is 809. The second-order valence-corrected chi connectivity index (χ2v) is 5.21. The van der Waals surface area contributed by atoms with Gasteiger partial charge in [-0.25, -0.2) is 9.59 Å². The predicted molar refractivity (Wildman–Crippen MR) is 90.2 cm³/mol. The minimum atomic E-state index is -0.603. The van der Waals surface area contributed by atoms with Gasteiger partial charge in [-0.1, -0.05) is 4.68 Å². The smallest absolute Gasteiger partial charge is 0.343 e. The number of Topliss-reactive ketones (excluding diaryl/α,β-unsaturated/α-hetero) is 1. The van der Waals surface area contributed by atoms with E-state index in [0.29, 0.717) is 0 Å². The summed E-state index contributed by atoms with van der Waals surface area (Å²) in [6, 6.07) is 7.91. The maximum atomic E-state index is 12.6. The highest BCUT2D eigenvalue weighted by molar-refractivity contribution is 5.98. The van der Waals surface area contributed by atoms with Gasteiger partial charge in [-0.3, -0.25) is 4.79 Å². The van der Waals surface area contributed by atoms with Gasteiger partial charge in [0.25, 0.3) is 0 Å². The van der Waals surface area contributed by atoms with E-state index < -0.39 is 11.9 Å². The molecule has 1 aromatic heterocycles. The molecule has 0 spiro atoms. The van der Waals surface area contributed by atoms with Gasteiger partial charge in [-0.2, -0.15) is 0 Å². The van der Waals surface area contributed by atoms with Crippen molar-refractivity contribution in [3.63, 3.8) is 0 Å². The largest absolute Gasteiger partial charge is 0.482 e. The van der Waals surface area contributed by atoms with Crippen LogP contribution in [0.2, 0.25) is 0 Å². The van der Waals surface area contributed by atoms with Crippen molar-refractivity contribution in [3.8, 4) is 11.5 Å². The molecule has 9 heteroatoms. The lowest BCUT2D eigenvalue weighted by atomic mass is 10.1. The molecule has 0 fully saturated rings. The molecule has 0 saturated carbocycles. The van der Waals surface area contributed by atoms with Crippen LogP contribution < -0.4 is 14.2 Å². The summed E-state index contributed by atoms with van der Waals surface area (Å²) in [7, 11) is 2.47. The maximum absolute atomic E-state index is 12.6. The molecular formula is C18H19N2O7+. The number of carbonyl (C=O) groups is 3. The second kappa shape index (κ2) is 9.85. The summed E-state index contributed by atoms with van der Waals surface area (Å²) in [4.78, 5) is 35.2. The first-order valence-electron chi connectivity index (χ1n) is 7.90. The monoisotopic (exact) mass is 375 g/mol. The summed E-state index contributed by atoms with van der Waals surface area (Å²) >= 11 is 0. The highest BCUT2D eigenvalue weighted by Crippen LogP contribution is 2.26. The molecule has 1 aromatic carbocycles. The van der Waals surface area contributed by atoms with Gasteiger partial charge >= 0.3 is 11.9 Å². The Balaban J connectivity index is 2.20. The lowest BCUT2D eigenvalue weighted by Gasteiger charge is -2.12. The standard InChI is InChI=1S/C18H19N2O7/c1-24-17(22)11-26-13-5-6-14(16(9-13)27-12-18(23)25-2)15(21)10-20-8-4-3-7-19-20/h3-9H,10-12H2,1-2H3/q+1. The number of esters is 2. The molecule has 0 aliphatic heterocycles. The van der Waals surface area contributed by atoms with Crippen molar-refractivity contribution in [1.82, 2.24) is 5.10 Å². The minimum Gasteiger partial charge on any atom is -0.482 e. The fourth-order valence-corrected chi connectivity index (χ4v) is 2.03. The number of nitrogens with zero attached hydrogens (tertiary/aromatic N) is 2. The molecule has 0 N–H and O–H groups in total. The van der Waals surface area contributed by atoms with Gasteiger partial charge in [-0.15, -0.1) is 0 Å². The van der Waals surface area contributed by atoms with Crippen LogP contribution in [0.15, 0.2) is 42.7 Å². The molecule has 1 heterocycles. The molecule has 0 aliphatic carbocycles. The van der Waals surface area contributed by atoms with Crippen molar-refractivity contribution in [2.75, 3.05) is 27.4 Å². The Morgan fingerprint density at radius 1 is 1.00 bits per heavy atom. The zero-order chi connectivity index (χ0) is 19.6. The third-order valence-corrected chi connectivity index (χ3v) is 3.39. The average molecular weight is 375 g/mol. The highest BCUT2D eigenvalue weighted by Gasteiger charge is 2.20. The number of carbonyl (C=O) groups excluding carboxylic acids is 3. The molecule has 0 radical (unpaired) electrons. The van der Waals surface area contributed by atoms with Crippen LogP contribution >= 0.6 is 0 Å². The van der Waals surface area contributed by atoms with Crippen molar-refractivity contribution < 1.29 is 38.0 Å². The Kier molecular flexibility index (Phi) is 7.24. The molecule has 0 saturated heterocycles. The van der Waals surface area contributed by atoms with E-state index in [1.807, 2.05) is 0 Å². The van der Waals surface area contributed by atoms with Crippen LogP contribution in [0.4, 0.5) is 0 Å². The molecular weight excluding hydrogens is 356 g/mol. The first-order valence-corrected chi connectivity index (χ1v) is 7.90. The van der Waals surface area contributed by atoms with Crippen LogP contribution in [0.3, 0.4) is 0 Å². The molecule has 9 nitrogen and oxygen atoms in total. The van der Waals surface area contributed by atoms with Gasteiger partial charge in [0, 0.05) is 12.1 Å². The van der Waals surface area contributed by atoms with E-state index in [-0.39, 0.29) is 42.6 Å². The van der Waals surface area contributed by atoms with E-state index >= 15 is 0 Å². The molecule has 0 unspecified atom stereocenters. The zero-order valence-corrected chi connectivity index (χ0v) is 14.9. The lowest BCUT2D eigenvalue weighted by Crippen LogP contribution is -2.41. The third-order valence-electron chi connectivity index (χ3n) is 3.39. The van der Waals surface area contributed by atoms with E-state index in [4.69, 9.17) is 9.47 Å².